The highest BCUT2D eigenvalue weighted by Crippen LogP contribution is 2.28. The second-order valence-corrected chi connectivity index (χ2v) is 5.16. The summed E-state index contributed by atoms with van der Waals surface area (Å²) in [7, 11) is 0. The van der Waals surface area contributed by atoms with Crippen LogP contribution in [0.4, 0.5) is 19.0 Å². The van der Waals surface area contributed by atoms with Crippen molar-refractivity contribution >= 4 is 11.7 Å². The molecule has 5 nitrogen and oxygen atoms in total. The summed E-state index contributed by atoms with van der Waals surface area (Å²) in [5.41, 5.74) is 0.133. The Morgan fingerprint density at radius 1 is 1.12 bits per heavy atom. The van der Waals surface area contributed by atoms with Crippen molar-refractivity contribution < 1.29 is 18.0 Å². The molecular weight excluding hydrogens is 333 g/mol. The molecule has 8 heteroatoms. The monoisotopic (exact) mass is 348 g/mol. The van der Waals surface area contributed by atoms with Crippen molar-refractivity contribution in [3.63, 3.8) is 0 Å². The molecule has 2 N–H and O–H groups in total. The number of nitriles is 1. The minimum atomic E-state index is -4.40. The van der Waals surface area contributed by atoms with Crippen LogP contribution in [-0.4, -0.2) is 24.0 Å². The molecule has 25 heavy (non-hydrogen) atoms. The van der Waals surface area contributed by atoms with E-state index in [2.05, 4.69) is 15.6 Å². The van der Waals surface area contributed by atoms with E-state index in [0.29, 0.717) is 36.5 Å². The van der Waals surface area contributed by atoms with E-state index in [9.17, 15) is 18.0 Å². The highest BCUT2D eigenvalue weighted by Gasteiger charge is 2.30. The van der Waals surface area contributed by atoms with E-state index < -0.39 is 11.7 Å². The summed E-state index contributed by atoms with van der Waals surface area (Å²) in [6, 6.07) is 10.5. The molecule has 0 saturated carbocycles. The first-order chi connectivity index (χ1) is 11.9. The van der Waals surface area contributed by atoms with E-state index in [1.165, 1.54) is 6.07 Å². The highest BCUT2D eigenvalue weighted by atomic mass is 19.4. The van der Waals surface area contributed by atoms with Crippen molar-refractivity contribution in [3.8, 4) is 6.07 Å². The molecule has 0 atom stereocenters. The highest BCUT2D eigenvalue weighted by molar-refractivity contribution is 5.94. The van der Waals surface area contributed by atoms with Crippen LogP contribution in [-0.2, 0) is 6.18 Å². The molecule has 0 radical (unpaired) electrons. The number of rotatable bonds is 6. The summed E-state index contributed by atoms with van der Waals surface area (Å²) in [5, 5.41) is 14.3. The maximum Gasteiger partial charge on any atom is 0.417 e. The van der Waals surface area contributed by atoms with E-state index in [1.807, 2.05) is 6.07 Å². The molecule has 130 valence electrons. The first-order valence-corrected chi connectivity index (χ1v) is 7.45. The number of carbonyl (C=O) groups excluding carboxylic acids is 1. The lowest BCUT2D eigenvalue weighted by Gasteiger charge is -2.09. The smallest absolute Gasteiger partial charge is 0.370 e. The average Bonchev–Trinajstić information content (AvgIpc) is 2.61. The van der Waals surface area contributed by atoms with Crippen LogP contribution >= 0.6 is 0 Å². The van der Waals surface area contributed by atoms with Crippen molar-refractivity contribution in [2.24, 2.45) is 0 Å². The Bertz CT molecular complexity index is 749. The van der Waals surface area contributed by atoms with Gasteiger partial charge in [0.15, 0.2) is 0 Å². The van der Waals surface area contributed by atoms with E-state index in [4.69, 9.17) is 5.26 Å². The third kappa shape index (κ3) is 5.49. The Hall–Kier alpha value is -3.08. The van der Waals surface area contributed by atoms with Gasteiger partial charge < -0.3 is 10.6 Å². The summed E-state index contributed by atoms with van der Waals surface area (Å²) in [4.78, 5) is 15.6. The molecule has 0 spiro atoms. The number of hydrogen-bond acceptors (Lipinski definition) is 4. The van der Waals surface area contributed by atoms with Gasteiger partial charge in [0.2, 0.25) is 0 Å². The SMILES string of the molecule is N#Cc1ccc(C(=O)NCCCNc2ccc(C(F)(F)F)cn2)cc1. The van der Waals surface area contributed by atoms with Gasteiger partial charge >= 0.3 is 6.18 Å². The fourth-order valence-electron chi connectivity index (χ4n) is 1.97. The number of amides is 1. The largest absolute Gasteiger partial charge is 0.417 e. The van der Waals surface area contributed by atoms with E-state index >= 15 is 0 Å². The number of anilines is 1. The van der Waals surface area contributed by atoms with Crippen molar-refractivity contribution in [2.45, 2.75) is 12.6 Å². The minimum Gasteiger partial charge on any atom is -0.370 e. The lowest BCUT2D eigenvalue weighted by atomic mass is 10.1. The van der Waals surface area contributed by atoms with Gasteiger partial charge in [0.05, 0.1) is 17.2 Å². The molecule has 0 bridgehead atoms. The minimum absolute atomic E-state index is 0.253. The average molecular weight is 348 g/mol. The standard InChI is InChI=1S/C17H15F3N4O/c18-17(19,20)14-6-7-15(24-11-14)22-8-1-9-23-16(25)13-4-2-12(10-21)3-5-13/h2-7,11H,1,8-9H2,(H,22,24)(H,23,25). The Morgan fingerprint density at radius 3 is 2.40 bits per heavy atom. The third-order valence-electron chi connectivity index (χ3n) is 3.31. The van der Waals surface area contributed by atoms with Crippen LogP contribution < -0.4 is 10.6 Å². The zero-order chi connectivity index (χ0) is 18.3. The zero-order valence-electron chi connectivity index (χ0n) is 13.1. The molecule has 2 rings (SSSR count). The second-order valence-electron chi connectivity index (χ2n) is 5.16. The molecule has 1 heterocycles. The molecule has 0 unspecified atom stereocenters. The molecule has 0 saturated heterocycles. The Morgan fingerprint density at radius 2 is 1.84 bits per heavy atom. The molecular formula is C17H15F3N4O. The fraction of sp³-hybridized carbons (Fsp3) is 0.235. The Labute approximate surface area is 142 Å². The number of carbonyl (C=O) groups is 1. The molecule has 0 aliphatic heterocycles. The van der Waals surface area contributed by atoms with Crippen molar-refractivity contribution in [2.75, 3.05) is 18.4 Å². The Kier molecular flexibility index (Phi) is 5.95. The van der Waals surface area contributed by atoms with Crippen LogP contribution in [0, 0.1) is 11.3 Å². The number of alkyl halides is 3. The van der Waals surface area contributed by atoms with Crippen molar-refractivity contribution in [1.29, 1.82) is 5.26 Å². The van der Waals surface area contributed by atoms with Gasteiger partial charge in [-0.25, -0.2) is 4.98 Å². The summed E-state index contributed by atoms with van der Waals surface area (Å²) < 4.78 is 37.2. The number of benzene rings is 1. The van der Waals surface area contributed by atoms with Gasteiger partial charge in [-0.3, -0.25) is 4.79 Å². The van der Waals surface area contributed by atoms with Gasteiger partial charge in [0, 0.05) is 24.8 Å². The second kappa shape index (κ2) is 8.15. The predicted octanol–water partition coefficient (Wildman–Crippen LogP) is 3.20. The van der Waals surface area contributed by atoms with E-state index in [1.54, 1.807) is 24.3 Å². The van der Waals surface area contributed by atoms with Crippen LogP contribution in [0.5, 0.6) is 0 Å². The quantitative estimate of drug-likeness (QED) is 0.786. The number of nitrogens with zero attached hydrogens (tertiary/aromatic N) is 2. The molecule has 0 fully saturated rings. The van der Waals surface area contributed by atoms with Gasteiger partial charge in [-0.05, 0) is 42.8 Å². The number of hydrogen-bond donors (Lipinski definition) is 2. The molecule has 0 aliphatic rings. The van der Waals surface area contributed by atoms with Gasteiger partial charge in [-0.1, -0.05) is 0 Å². The van der Waals surface area contributed by atoms with Gasteiger partial charge in [-0.2, -0.15) is 18.4 Å². The van der Waals surface area contributed by atoms with Gasteiger partial charge in [0.25, 0.3) is 5.91 Å². The molecule has 1 aromatic carbocycles. The third-order valence-corrected chi connectivity index (χ3v) is 3.31. The van der Waals surface area contributed by atoms with Crippen LogP contribution in [0.1, 0.15) is 27.9 Å². The predicted molar refractivity (Wildman–Crippen MR) is 85.8 cm³/mol. The van der Waals surface area contributed by atoms with Crippen molar-refractivity contribution in [3.05, 3.63) is 59.3 Å². The number of nitrogens with one attached hydrogen (secondary N) is 2. The van der Waals surface area contributed by atoms with Crippen molar-refractivity contribution in [1.82, 2.24) is 10.3 Å². The topological polar surface area (TPSA) is 77.8 Å². The lowest BCUT2D eigenvalue weighted by molar-refractivity contribution is -0.137. The maximum absolute atomic E-state index is 12.4. The van der Waals surface area contributed by atoms with Gasteiger partial charge in [-0.15, -0.1) is 0 Å². The number of aromatic nitrogens is 1. The zero-order valence-corrected chi connectivity index (χ0v) is 13.1. The first kappa shape index (κ1) is 18.3. The number of halogens is 3. The van der Waals surface area contributed by atoms with Gasteiger partial charge in [0.1, 0.15) is 5.82 Å². The van der Waals surface area contributed by atoms with Crippen LogP contribution in [0.25, 0.3) is 0 Å². The maximum atomic E-state index is 12.4. The molecule has 2 aromatic rings. The van der Waals surface area contributed by atoms with Crippen LogP contribution in [0.2, 0.25) is 0 Å². The lowest BCUT2D eigenvalue weighted by Crippen LogP contribution is -2.25. The first-order valence-electron chi connectivity index (χ1n) is 7.45. The molecule has 0 aliphatic carbocycles. The van der Waals surface area contributed by atoms with E-state index in [-0.39, 0.29) is 5.91 Å². The molecule has 1 amide bonds. The summed E-state index contributed by atoms with van der Waals surface area (Å²) >= 11 is 0. The van der Waals surface area contributed by atoms with Crippen LogP contribution in [0.15, 0.2) is 42.6 Å². The number of pyridine rings is 1. The fourth-order valence-corrected chi connectivity index (χ4v) is 1.97. The Balaban J connectivity index is 1.70. The van der Waals surface area contributed by atoms with E-state index in [0.717, 1.165) is 12.3 Å². The normalized spacial score (nSPS) is 10.8. The summed E-state index contributed by atoms with van der Waals surface area (Å²) in [6.45, 7) is 0.846. The molecule has 1 aromatic heterocycles. The summed E-state index contributed by atoms with van der Waals surface area (Å²) in [5.74, 6) is 0.0866. The summed E-state index contributed by atoms with van der Waals surface area (Å²) in [6.07, 6.45) is -3.05. The van der Waals surface area contributed by atoms with Crippen LogP contribution in [0.3, 0.4) is 0 Å².